The van der Waals surface area contributed by atoms with Crippen molar-refractivity contribution in [2.24, 2.45) is 0 Å². The normalized spacial score (nSPS) is 14.1. The second kappa shape index (κ2) is 11.3. The molecule has 3 rings (SSSR count). The third kappa shape index (κ3) is 7.09. The molecule has 1 aromatic heterocycles. The van der Waals surface area contributed by atoms with Crippen molar-refractivity contribution < 1.29 is 18.9 Å². The number of benzene rings is 1. The van der Waals surface area contributed by atoms with Crippen LogP contribution in [-0.2, 0) is 16.1 Å². The molecule has 0 spiro atoms. The largest absolute Gasteiger partial charge is 0.360 e. The van der Waals surface area contributed by atoms with Gasteiger partial charge in [0.25, 0.3) is 0 Å². The van der Waals surface area contributed by atoms with Crippen LogP contribution in [0.25, 0.3) is 0 Å². The zero-order valence-corrected chi connectivity index (χ0v) is 18.5. The Morgan fingerprint density at radius 1 is 1.12 bits per heavy atom. The van der Waals surface area contributed by atoms with Crippen LogP contribution in [0.1, 0.15) is 17.7 Å². The molecule has 4 amide bonds. The lowest BCUT2D eigenvalue weighted by Gasteiger charge is -2.34. The number of piperazine rings is 1. The molecule has 1 aromatic carbocycles. The fraction of sp³-hybridized carbons (Fsp3) is 0.455. The van der Waals surface area contributed by atoms with E-state index in [0.29, 0.717) is 44.3 Å². The van der Waals surface area contributed by atoms with Crippen molar-refractivity contribution in [1.29, 1.82) is 0 Å². The predicted octanol–water partition coefficient (Wildman–Crippen LogP) is 1.30. The number of hydrogen-bond donors (Lipinski definition) is 2. The van der Waals surface area contributed by atoms with Gasteiger partial charge in [-0.1, -0.05) is 35.5 Å². The summed E-state index contributed by atoms with van der Waals surface area (Å²) in [4.78, 5) is 42.2. The van der Waals surface area contributed by atoms with Crippen molar-refractivity contribution in [3.8, 4) is 0 Å². The van der Waals surface area contributed by atoms with E-state index in [4.69, 9.17) is 4.52 Å². The van der Waals surface area contributed by atoms with E-state index in [1.165, 1.54) is 0 Å². The minimum Gasteiger partial charge on any atom is -0.360 e. The summed E-state index contributed by atoms with van der Waals surface area (Å²) in [5.74, 6) is 0.864. The predicted molar refractivity (Wildman–Crippen MR) is 119 cm³/mol. The third-order valence-electron chi connectivity index (χ3n) is 5.21. The summed E-state index contributed by atoms with van der Waals surface area (Å²) < 4.78 is 4.93. The van der Waals surface area contributed by atoms with Gasteiger partial charge in [-0.3, -0.25) is 14.5 Å². The van der Waals surface area contributed by atoms with Gasteiger partial charge in [0, 0.05) is 58.8 Å². The quantitative estimate of drug-likeness (QED) is 0.638. The van der Waals surface area contributed by atoms with Gasteiger partial charge in [-0.15, -0.1) is 0 Å². The summed E-state index contributed by atoms with van der Waals surface area (Å²) in [7, 11) is 1.73. The van der Waals surface area contributed by atoms with Crippen LogP contribution in [0.4, 0.5) is 10.6 Å². The third-order valence-corrected chi connectivity index (χ3v) is 5.21. The summed E-state index contributed by atoms with van der Waals surface area (Å²) in [5.41, 5.74) is 1.05. The molecular weight excluding hydrogens is 412 g/mol. The van der Waals surface area contributed by atoms with Crippen molar-refractivity contribution >= 4 is 23.7 Å². The van der Waals surface area contributed by atoms with Gasteiger partial charge < -0.3 is 25.0 Å². The van der Waals surface area contributed by atoms with Crippen molar-refractivity contribution in [3.05, 3.63) is 47.7 Å². The average Bonchev–Trinajstić information content (AvgIpc) is 3.19. The van der Waals surface area contributed by atoms with E-state index in [1.807, 2.05) is 35.2 Å². The number of carbonyl (C=O) groups is 3. The van der Waals surface area contributed by atoms with E-state index in [9.17, 15) is 14.4 Å². The number of anilines is 1. The van der Waals surface area contributed by atoms with Crippen LogP contribution >= 0.6 is 0 Å². The Morgan fingerprint density at radius 3 is 2.50 bits per heavy atom. The lowest BCUT2D eigenvalue weighted by molar-refractivity contribution is -0.132. The molecule has 0 atom stereocenters. The highest BCUT2D eigenvalue weighted by molar-refractivity contribution is 5.91. The number of hydrogen-bond acceptors (Lipinski definition) is 6. The molecule has 2 aromatic rings. The van der Waals surface area contributed by atoms with E-state index < -0.39 is 0 Å². The summed E-state index contributed by atoms with van der Waals surface area (Å²) in [5, 5.41) is 9.24. The summed E-state index contributed by atoms with van der Waals surface area (Å²) in [6.07, 6.45) is 0.247. The number of amides is 4. The van der Waals surface area contributed by atoms with Crippen molar-refractivity contribution in [2.75, 3.05) is 51.6 Å². The second-order valence-corrected chi connectivity index (χ2v) is 7.85. The molecule has 10 nitrogen and oxygen atoms in total. The first-order valence-corrected chi connectivity index (χ1v) is 10.7. The highest BCUT2D eigenvalue weighted by atomic mass is 16.5. The Kier molecular flexibility index (Phi) is 8.20. The summed E-state index contributed by atoms with van der Waals surface area (Å²) >= 11 is 0. The number of urea groups is 1. The fourth-order valence-corrected chi connectivity index (χ4v) is 3.46. The zero-order valence-electron chi connectivity index (χ0n) is 18.5. The van der Waals surface area contributed by atoms with Crippen LogP contribution in [0.5, 0.6) is 0 Å². The molecule has 1 aliphatic rings. The minimum absolute atomic E-state index is 0.00168. The van der Waals surface area contributed by atoms with Gasteiger partial charge in [-0.25, -0.2) is 4.79 Å². The van der Waals surface area contributed by atoms with Gasteiger partial charge in [-0.2, -0.15) is 0 Å². The zero-order chi connectivity index (χ0) is 22.9. The molecule has 0 bridgehead atoms. The standard InChI is InChI=1S/C22H30N6O4/c1-17-14-19(25-32-17)24-20(29)16-27-10-12-28(13-11-27)21(30)8-9-23-22(31)26(2)15-18-6-4-3-5-7-18/h3-7,14H,8-13,15-16H2,1-2H3,(H,23,31)(H,24,25,29). The van der Waals surface area contributed by atoms with Crippen molar-refractivity contribution in [1.82, 2.24) is 25.2 Å². The Bertz CT molecular complexity index is 908. The topological polar surface area (TPSA) is 111 Å². The van der Waals surface area contributed by atoms with Crippen LogP contribution in [0.15, 0.2) is 40.9 Å². The van der Waals surface area contributed by atoms with Crippen LogP contribution < -0.4 is 10.6 Å². The van der Waals surface area contributed by atoms with E-state index in [2.05, 4.69) is 15.8 Å². The minimum atomic E-state index is -0.209. The average molecular weight is 443 g/mol. The Labute approximate surface area is 187 Å². The molecule has 10 heteroatoms. The van der Waals surface area contributed by atoms with Crippen LogP contribution in [0.3, 0.4) is 0 Å². The van der Waals surface area contributed by atoms with E-state index in [-0.39, 0.29) is 37.4 Å². The molecule has 172 valence electrons. The molecule has 1 fully saturated rings. The molecule has 0 aliphatic carbocycles. The Balaban J connectivity index is 1.31. The molecule has 2 heterocycles. The lowest BCUT2D eigenvalue weighted by atomic mass is 10.2. The number of aromatic nitrogens is 1. The maximum Gasteiger partial charge on any atom is 0.317 e. The van der Waals surface area contributed by atoms with Crippen molar-refractivity contribution in [2.45, 2.75) is 19.9 Å². The highest BCUT2D eigenvalue weighted by Gasteiger charge is 2.22. The van der Waals surface area contributed by atoms with Gasteiger partial charge in [0.1, 0.15) is 5.76 Å². The van der Waals surface area contributed by atoms with Crippen LogP contribution in [0.2, 0.25) is 0 Å². The van der Waals surface area contributed by atoms with E-state index in [1.54, 1.807) is 29.8 Å². The lowest BCUT2D eigenvalue weighted by Crippen LogP contribution is -2.51. The summed E-state index contributed by atoms with van der Waals surface area (Å²) in [6.45, 7) is 5.12. The van der Waals surface area contributed by atoms with Crippen molar-refractivity contribution in [3.63, 3.8) is 0 Å². The highest BCUT2D eigenvalue weighted by Crippen LogP contribution is 2.08. The maximum absolute atomic E-state index is 12.5. The number of rotatable bonds is 8. The molecule has 2 N–H and O–H groups in total. The fourth-order valence-electron chi connectivity index (χ4n) is 3.46. The first kappa shape index (κ1) is 23.3. The Morgan fingerprint density at radius 2 is 1.84 bits per heavy atom. The number of nitrogens with zero attached hydrogens (tertiary/aromatic N) is 4. The van der Waals surface area contributed by atoms with E-state index >= 15 is 0 Å². The first-order chi connectivity index (χ1) is 15.4. The van der Waals surface area contributed by atoms with Gasteiger partial charge >= 0.3 is 6.03 Å². The van der Waals surface area contributed by atoms with Crippen LogP contribution in [0, 0.1) is 6.92 Å². The monoisotopic (exact) mass is 442 g/mol. The second-order valence-electron chi connectivity index (χ2n) is 7.85. The Hall–Kier alpha value is -3.40. The first-order valence-electron chi connectivity index (χ1n) is 10.7. The molecule has 32 heavy (non-hydrogen) atoms. The van der Waals surface area contributed by atoms with Gasteiger partial charge in [0.2, 0.25) is 11.8 Å². The number of carbonyl (C=O) groups excluding carboxylic acids is 3. The molecule has 0 unspecified atom stereocenters. The molecular formula is C22H30N6O4. The molecule has 0 saturated carbocycles. The maximum atomic E-state index is 12.5. The SMILES string of the molecule is Cc1cc(NC(=O)CN2CCN(C(=O)CCNC(=O)N(C)Cc3ccccc3)CC2)no1. The van der Waals surface area contributed by atoms with E-state index in [0.717, 1.165) is 5.56 Å². The van der Waals surface area contributed by atoms with Gasteiger partial charge in [0.15, 0.2) is 5.82 Å². The van der Waals surface area contributed by atoms with Gasteiger partial charge in [-0.05, 0) is 12.5 Å². The molecule has 0 radical (unpaired) electrons. The number of nitrogens with one attached hydrogen (secondary N) is 2. The molecule has 1 aliphatic heterocycles. The molecule has 1 saturated heterocycles. The smallest absolute Gasteiger partial charge is 0.317 e. The summed E-state index contributed by atoms with van der Waals surface area (Å²) in [6, 6.07) is 11.2. The number of aryl methyl sites for hydroxylation is 1. The van der Waals surface area contributed by atoms with Crippen LogP contribution in [-0.4, -0.2) is 84.0 Å². The van der Waals surface area contributed by atoms with Gasteiger partial charge in [0.05, 0.1) is 6.54 Å².